The molecule has 2 aromatic heterocycles. The molecule has 158 valence electrons. The van der Waals surface area contributed by atoms with Crippen LogP contribution in [0.2, 0.25) is 5.02 Å². The number of benzene rings is 2. The summed E-state index contributed by atoms with van der Waals surface area (Å²) < 4.78 is 5.95. The van der Waals surface area contributed by atoms with Gasteiger partial charge in [0.25, 0.3) is 5.91 Å². The summed E-state index contributed by atoms with van der Waals surface area (Å²) in [4.78, 5) is 17.4. The highest BCUT2D eigenvalue weighted by atomic mass is 35.5. The Kier molecular flexibility index (Phi) is 6.36. The van der Waals surface area contributed by atoms with Crippen molar-refractivity contribution in [1.82, 2.24) is 10.3 Å². The number of hydrogen-bond donors (Lipinski definition) is 2. The molecule has 4 rings (SSSR count). The predicted molar refractivity (Wildman–Crippen MR) is 131 cm³/mol. The van der Waals surface area contributed by atoms with Crippen molar-refractivity contribution in [3.8, 4) is 11.5 Å². The Labute approximate surface area is 194 Å². The van der Waals surface area contributed by atoms with E-state index in [4.69, 9.17) is 28.2 Å². The fraction of sp³-hybridized carbons (Fsp3) is 0.174. The molecule has 0 spiro atoms. The number of rotatable bonds is 5. The molecule has 2 heterocycles. The highest BCUT2D eigenvalue weighted by Crippen LogP contribution is 2.31. The second-order valence-electron chi connectivity index (χ2n) is 7.14. The molecule has 5 nitrogen and oxygen atoms in total. The Morgan fingerprint density at radius 3 is 2.84 bits per heavy atom. The van der Waals surface area contributed by atoms with Crippen molar-refractivity contribution in [1.29, 1.82) is 0 Å². The number of oxazole rings is 1. The van der Waals surface area contributed by atoms with Crippen LogP contribution in [-0.2, 0) is 0 Å². The molecule has 0 aliphatic rings. The van der Waals surface area contributed by atoms with Gasteiger partial charge in [-0.25, -0.2) is 4.98 Å². The summed E-state index contributed by atoms with van der Waals surface area (Å²) >= 11 is 12.9. The van der Waals surface area contributed by atoms with Gasteiger partial charge in [0.1, 0.15) is 5.52 Å². The number of thiophene rings is 1. The Morgan fingerprint density at radius 2 is 2.10 bits per heavy atom. The average molecular weight is 470 g/mol. The molecule has 0 radical (unpaired) electrons. The van der Waals surface area contributed by atoms with E-state index in [0.29, 0.717) is 27.4 Å². The van der Waals surface area contributed by atoms with E-state index in [2.05, 4.69) is 41.6 Å². The number of carbonyl (C=O) groups excluding carboxylic acids is 1. The molecule has 0 saturated heterocycles. The quantitative estimate of drug-likeness (QED) is 0.313. The van der Waals surface area contributed by atoms with Crippen molar-refractivity contribution < 1.29 is 9.21 Å². The van der Waals surface area contributed by atoms with Gasteiger partial charge in [0, 0.05) is 5.56 Å². The van der Waals surface area contributed by atoms with Gasteiger partial charge in [-0.05, 0) is 71.9 Å². The van der Waals surface area contributed by atoms with Crippen molar-refractivity contribution in [2.75, 3.05) is 5.32 Å². The minimum Gasteiger partial charge on any atom is -0.436 e. The standard InChI is InChI=1S/C23H20ClN3O2S2/c1-3-13(2)14-7-9-19-18(11-14)25-22(29-19)15-6-8-16(24)17(12-15)26-23(30)27-21(28)20-5-4-10-31-20/h4-13H,3H2,1-2H3,(H2,26,27,28,30). The monoisotopic (exact) mass is 469 g/mol. The van der Waals surface area contributed by atoms with Crippen LogP contribution in [0.5, 0.6) is 0 Å². The third kappa shape index (κ3) is 4.79. The summed E-state index contributed by atoms with van der Waals surface area (Å²) in [5, 5.41) is 8.09. The van der Waals surface area contributed by atoms with E-state index < -0.39 is 0 Å². The van der Waals surface area contributed by atoms with Crippen LogP contribution in [0.3, 0.4) is 0 Å². The first-order valence-corrected chi connectivity index (χ1v) is 11.5. The van der Waals surface area contributed by atoms with E-state index in [1.165, 1.54) is 16.9 Å². The molecule has 0 saturated carbocycles. The van der Waals surface area contributed by atoms with Crippen molar-refractivity contribution in [3.63, 3.8) is 0 Å². The van der Waals surface area contributed by atoms with Gasteiger partial charge < -0.3 is 9.73 Å². The maximum atomic E-state index is 12.2. The molecule has 0 bridgehead atoms. The molecule has 0 aliphatic heterocycles. The van der Waals surface area contributed by atoms with Crippen LogP contribution in [0.4, 0.5) is 5.69 Å². The van der Waals surface area contributed by atoms with Gasteiger partial charge in [-0.15, -0.1) is 11.3 Å². The van der Waals surface area contributed by atoms with Gasteiger partial charge >= 0.3 is 0 Å². The largest absolute Gasteiger partial charge is 0.436 e. The normalized spacial score (nSPS) is 12.0. The average Bonchev–Trinajstić information content (AvgIpc) is 3.44. The summed E-state index contributed by atoms with van der Waals surface area (Å²) in [6.07, 6.45) is 1.06. The lowest BCUT2D eigenvalue weighted by Crippen LogP contribution is -2.33. The maximum absolute atomic E-state index is 12.2. The predicted octanol–water partition coefficient (Wildman–Crippen LogP) is 6.85. The second kappa shape index (κ2) is 9.18. The number of carbonyl (C=O) groups is 1. The molecule has 2 N–H and O–H groups in total. The number of amides is 1. The number of thiocarbonyl (C=S) groups is 1. The number of fused-ring (bicyclic) bond motifs is 1. The molecule has 1 atom stereocenters. The molecule has 8 heteroatoms. The number of aromatic nitrogens is 1. The summed E-state index contributed by atoms with van der Waals surface area (Å²) in [7, 11) is 0. The molecule has 1 amide bonds. The smallest absolute Gasteiger partial charge is 0.267 e. The highest BCUT2D eigenvalue weighted by molar-refractivity contribution is 7.80. The first kappa shape index (κ1) is 21.5. The Bertz CT molecular complexity index is 1250. The summed E-state index contributed by atoms with van der Waals surface area (Å²) in [5.74, 6) is 0.682. The topological polar surface area (TPSA) is 67.2 Å². The number of hydrogen-bond acceptors (Lipinski definition) is 5. The minimum absolute atomic E-state index is 0.160. The Balaban J connectivity index is 1.56. The fourth-order valence-corrected chi connectivity index (χ4v) is 4.08. The minimum atomic E-state index is -0.268. The van der Waals surface area contributed by atoms with Crippen LogP contribution in [0.25, 0.3) is 22.6 Å². The van der Waals surface area contributed by atoms with E-state index in [0.717, 1.165) is 23.1 Å². The zero-order valence-electron chi connectivity index (χ0n) is 16.9. The molecule has 31 heavy (non-hydrogen) atoms. The molecular formula is C23H20ClN3O2S2. The van der Waals surface area contributed by atoms with Crippen LogP contribution in [0.1, 0.15) is 41.4 Å². The van der Waals surface area contributed by atoms with Crippen molar-refractivity contribution in [3.05, 3.63) is 69.4 Å². The van der Waals surface area contributed by atoms with Gasteiger partial charge in [0.05, 0.1) is 15.6 Å². The number of anilines is 1. The number of nitrogens with one attached hydrogen (secondary N) is 2. The Morgan fingerprint density at radius 1 is 1.26 bits per heavy atom. The lowest BCUT2D eigenvalue weighted by molar-refractivity contribution is 0.0981. The van der Waals surface area contributed by atoms with E-state index in [9.17, 15) is 4.79 Å². The SMILES string of the molecule is CCC(C)c1ccc2oc(-c3ccc(Cl)c(NC(=S)NC(=O)c4cccs4)c3)nc2c1. The van der Waals surface area contributed by atoms with E-state index in [1.54, 1.807) is 18.2 Å². The lowest BCUT2D eigenvalue weighted by Gasteiger charge is -2.11. The molecule has 4 aromatic rings. The molecule has 1 unspecified atom stereocenters. The summed E-state index contributed by atoms with van der Waals surface area (Å²) in [6.45, 7) is 4.36. The van der Waals surface area contributed by atoms with Gasteiger partial charge in [0.2, 0.25) is 5.89 Å². The Hall–Kier alpha value is -2.74. The molecular weight excluding hydrogens is 450 g/mol. The van der Waals surface area contributed by atoms with E-state index >= 15 is 0 Å². The van der Waals surface area contributed by atoms with Crippen molar-refractivity contribution in [2.24, 2.45) is 0 Å². The van der Waals surface area contributed by atoms with Gasteiger partial charge in [-0.2, -0.15) is 0 Å². The highest BCUT2D eigenvalue weighted by Gasteiger charge is 2.14. The van der Waals surface area contributed by atoms with Crippen LogP contribution < -0.4 is 10.6 Å². The van der Waals surface area contributed by atoms with E-state index in [1.807, 2.05) is 23.6 Å². The van der Waals surface area contributed by atoms with E-state index in [-0.39, 0.29) is 11.0 Å². The molecule has 2 aromatic carbocycles. The van der Waals surface area contributed by atoms with Crippen LogP contribution in [-0.4, -0.2) is 16.0 Å². The van der Waals surface area contributed by atoms with Crippen molar-refractivity contribution >= 4 is 63.0 Å². The van der Waals surface area contributed by atoms with Gasteiger partial charge in [-0.3, -0.25) is 10.1 Å². The third-order valence-electron chi connectivity index (χ3n) is 5.03. The zero-order chi connectivity index (χ0) is 22.0. The number of nitrogens with zero attached hydrogens (tertiary/aromatic N) is 1. The van der Waals surface area contributed by atoms with Crippen LogP contribution >= 0.6 is 35.2 Å². The lowest BCUT2D eigenvalue weighted by atomic mass is 9.98. The van der Waals surface area contributed by atoms with Crippen LogP contribution in [0, 0.1) is 0 Å². The first-order chi connectivity index (χ1) is 14.9. The summed E-state index contributed by atoms with van der Waals surface area (Å²) in [5.41, 5.74) is 4.08. The number of halogens is 1. The first-order valence-electron chi connectivity index (χ1n) is 9.81. The van der Waals surface area contributed by atoms with Crippen LogP contribution in [0.15, 0.2) is 58.3 Å². The van der Waals surface area contributed by atoms with Crippen molar-refractivity contribution in [2.45, 2.75) is 26.2 Å². The maximum Gasteiger partial charge on any atom is 0.267 e. The third-order valence-corrected chi connectivity index (χ3v) is 6.43. The van der Waals surface area contributed by atoms with Gasteiger partial charge in [0.15, 0.2) is 10.7 Å². The fourth-order valence-electron chi connectivity index (χ4n) is 3.09. The summed E-state index contributed by atoms with van der Waals surface area (Å²) in [6, 6.07) is 15.0. The zero-order valence-corrected chi connectivity index (χ0v) is 19.3. The van der Waals surface area contributed by atoms with Gasteiger partial charge in [-0.1, -0.05) is 37.6 Å². The molecule has 0 fully saturated rings. The molecule has 0 aliphatic carbocycles. The second-order valence-corrected chi connectivity index (χ2v) is 8.90.